The van der Waals surface area contributed by atoms with E-state index in [2.05, 4.69) is 20.8 Å². The molecule has 0 aromatic heterocycles. The van der Waals surface area contributed by atoms with Crippen molar-refractivity contribution >= 4 is 5.78 Å². The van der Waals surface area contributed by atoms with Crippen LogP contribution in [0.4, 0.5) is 0 Å². The van der Waals surface area contributed by atoms with Crippen molar-refractivity contribution in [1.29, 1.82) is 0 Å². The number of carbonyl (C=O) groups is 1. The summed E-state index contributed by atoms with van der Waals surface area (Å²) in [7, 11) is 0. The van der Waals surface area contributed by atoms with Crippen molar-refractivity contribution in [2.24, 2.45) is 40.4 Å². The third-order valence-corrected chi connectivity index (χ3v) is 8.92. The molecule has 7 atom stereocenters. The first kappa shape index (κ1) is 14.3. The summed E-state index contributed by atoms with van der Waals surface area (Å²) in [5, 5.41) is 0. The first-order valence-corrected chi connectivity index (χ1v) is 9.51. The van der Waals surface area contributed by atoms with Gasteiger partial charge in [0, 0.05) is 11.8 Å². The van der Waals surface area contributed by atoms with E-state index in [1.54, 1.807) is 0 Å². The Morgan fingerprint density at radius 3 is 2.57 bits per heavy atom. The average molecular weight is 288 g/mol. The third kappa shape index (κ3) is 1.72. The highest BCUT2D eigenvalue weighted by molar-refractivity contribution is 5.87. The van der Waals surface area contributed by atoms with Crippen LogP contribution >= 0.6 is 0 Å². The average Bonchev–Trinajstić information content (AvgIpc) is 2.76. The Balaban J connectivity index is 1.69. The van der Waals surface area contributed by atoms with Gasteiger partial charge in [0.25, 0.3) is 0 Å². The number of ketones is 1. The molecule has 0 aromatic rings. The molecule has 0 N–H and O–H groups in total. The van der Waals surface area contributed by atoms with Crippen LogP contribution in [0.2, 0.25) is 0 Å². The van der Waals surface area contributed by atoms with E-state index in [-0.39, 0.29) is 5.41 Å². The monoisotopic (exact) mass is 288 g/mol. The molecular formula is C20H32O. The van der Waals surface area contributed by atoms with Crippen LogP contribution in [-0.4, -0.2) is 5.78 Å². The maximum atomic E-state index is 12.4. The Hall–Kier alpha value is -0.330. The van der Waals surface area contributed by atoms with E-state index in [1.165, 1.54) is 51.4 Å². The minimum absolute atomic E-state index is 0.0578. The Kier molecular flexibility index (Phi) is 3.12. The molecule has 1 heteroatoms. The maximum absolute atomic E-state index is 12.4. The van der Waals surface area contributed by atoms with Crippen molar-refractivity contribution in [3.8, 4) is 0 Å². The van der Waals surface area contributed by atoms with Gasteiger partial charge in [0.1, 0.15) is 5.78 Å². The first-order valence-electron chi connectivity index (χ1n) is 9.51. The smallest absolute Gasteiger partial charge is 0.139 e. The van der Waals surface area contributed by atoms with Crippen LogP contribution in [0, 0.1) is 40.4 Å². The van der Waals surface area contributed by atoms with Gasteiger partial charge in [0.2, 0.25) is 0 Å². The highest BCUT2D eigenvalue weighted by atomic mass is 16.1. The zero-order chi connectivity index (χ0) is 14.8. The Bertz CT molecular complexity index is 455. The Labute approximate surface area is 130 Å². The number of Topliss-reactive ketones (excluding diaryl/α,β-unsaturated/α-hetero) is 1. The Morgan fingerprint density at radius 2 is 1.76 bits per heavy atom. The van der Waals surface area contributed by atoms with Crippen LogP contribution in [0.25, 0.3) is 0 Å². The maximum Gasteiger partial charge on any atom is 0.139 e. The molecule has 1 nitrogen and oxygen atoms in total. The van der Waals surface area contributed by atoms with Gasteiger partial charge < -0.3 is 0 Å². The summed E-state index contributed by atoms with van der Waals surface area (Å²) in [6.45, 7) is 7.47. The SMILES string of the molecule is CC1CCC[C@@H]2CC[C@@H]3[C@H](CC[C@]4(C)C(=O)CC[C@@H]34)[C@@]12C. The van der Waals surface area contributed by atoms with Crippen LogP contribution in [0.15, 0.2) is 0 Å². The molecule has 4 fully saturated rings. The molecule has 21 heavy (non-hydrogen) atoms. The third-order valence-electron chi connectivity index (χ3n) is 8.92. The lowest BCUT2D eigenvalue weighted by Crippen LogP contribution is -2.55. The van der Waals surface area contributed by atoms with Crippen LogP contribution in [0.5, 0.6) is 0 Å². The van der Waals surface area contributed by atoms with E-state index in [0.29, 0.717) is 11.2 Å². The molecule has 0 amide bonds. The van der Waals surface area contributed by atoms with E-state index < -0.39 is 0 Å². The number of hydrogen-bond acceptors (Lipinski definition) is 1. The summed E-state index contributed by atoms with van der Waals surface area (Å²) < 4.78 is 0. The molecule has 1 unspecified atom stereocenters. The zero-order valence-electron chi connectivity index (χ0n) is 14.2. The minimum atomic E-state index is 0.0578. The van der Waals surface area contributed by atoms with Crippen LogP contribution < -0.4 is 0 Å². The number of carbonyl (C=O) groups excluding carboxylic acids is 1. The van der Waals surface area contributed by atoms with Crippen LogP contribution in [0.3, 0.4) is 0 Å². The van der Waals surface area contributed by atoms with Crippen molar-refractivity contribution in [2.75, 3.05) is 0 Å². The number of rotatable bonds is 0. The van der Waals surface area contributed by atoms with Gasteiger partial charge in [0.15, 0.2) is 0 Å². The number of fused-ring (bicyclic) bond motifs is 5. The van der Waals surface area contributed by atoms with Crippen LogP contribution in [-0.2, 0) is 4.79 Å². The quantitative estimate of drug-likeness (QED) is 0.596. The molecular weight excluding hydrogens is 256 g/mol. The molecule has 4 saturated carbocycles. The molecule has 4 aliphatic carbocycles. The van der Waals surface area contributed by atoms with Gasteiger partial charge in [-0.3, -0.25) is 4.79 Å². The number of hydrogen-bond donors (Lipinski definition) is 0. The molecule has 0 radical (unpaired) electrons. The molecule has 0 bridgehead atoms. The fraction of sp³-hybridized carbons (Fsp3) is 0.950. The molecule has 0 spiro atoms. The van der Waals surface area contributed by atoms with Gasteiger partial charge in [-0.2, -0.15) is 0 Å². The summed E-state index contributed by atoms with van der Waals surface area (Å²) in [5.41, 5.74) is 0.635. The first-order chi connectivity index (χ1) is 9.98. The molecule has 4 rings (SSSR count). The van der Waals surface area contributed by atoms with Crippen LogP contribution in [0.1, 0.15) is 78.6 Å². The summed E-state index contributed by atoms with van der Waals surface area (Å²) in [6, 6.07) is 0. The second kappa shape index (κ2) is 4.59. The van der Waals surface area contributed by atoms with Gasteiger partial charge in [-0.05, 0) is 73.5 Å². The van der Waals surface area contributed by atoms with Crippen molar-refractivity contribution in [1.82, 2.24) is 0 Å². The summed E-state index contributed by atoms with van der Waals surface area (Å²) in [6.07, 6.45) is 11.8. The summed E-state index contributed by atoms with van der Waals surface area (Å²) in [4.78, 5) is 12.4. The largest absolute Gasteiger partial charge is 0.299 e. The van der Waals surface area contributed by atoms with Crippen molar-refractivity contribution in [3.63, 3.8) is 0 Å². The lowest BCUT2D eigenvalue weighted by atomic mass is 9.43. The van der Waals surface area contributed by atoms with Gasteiger partial charge in [0.05, 0.1) is 0 Å². The fourth-order valence-electron chi connectivity index (χ4n) is 7.45. The van der Waals surface area contributed by atoms with Crippen molar-refractivity contribution < 1.29 is 4.79 Å². The van der Waals surface area contributed by atoms with Crippen molar-refractivity contribution in [3.05, 3.63) is 0 Å². The molecule has 0 heterocycles. The van der Waals surface area contributed by atoms with E-state index in [9.17, 15) is 4.79 Å². The highest BCUT2D eigenvalue weighted by Crippen LogP contribution is 2.66. The lowest BCUT2D eigenvalue weighted by Gasteiger charge is -2.61. The predicted octanol–water partition coefficient (Wildman–Crippen LogP) is 5.23. The van der Waals surface area contributed by atoms with Crippen molar-refractivity contribution in [2.45, 2.75) is 78.6 Å². The summed E-state index contributed by atoms with van der Waals surface area (Å²) in [5.74, 6) is 4.95. The second-order valence-electron chi connectivity index (χ2n) is 9.27. The second-order valence-corrected chi connectivity index (χ2v) is 9.27. The van der Waals surface area contributed by atoms with Gasteiger partial charge >= 0.3 is 0 Å². The zero-order valence-corrected chi connectivity index (χ0v) is 14.2. The molecule has 0 aliphatic heterocycles. The highest BCUT2D eigenvalue weighted by Gasteiger charge is 2.60. The normalized spacial score (nSPS) is 56.5. The molecule has 0 saturated heterocycles. The van der Waals surface area contributed by atoms with Gasteiger partial charge in [-0.25, -0.2) is 0 Å². The minimum Gasteiger partial charge on any atom is -0.299 e. The molecule has 118 valence electrons. The van der Waals surface area contributed by atoms with E-state index in [1.807, 2.05) is 0 Å². The molecule has 4 aliphatic rings. The topological polar surface area (TPSA) is 17.1 Å². The fourth-order valence-corrected chi connectivity index (χ4v) is 7.45. The predicted molar refractivity (Wildman–Crippen MR) is 85.9 cm³/mol. The Morgan fingerprint density at radius 1 is 0.952 bits per heavy atom. The standard InChI is InChI=1S/C20H32O/c1-13-5-4-6-14-7-8-15-16-9-10-18(21)19(16,2)12-11-17(15)20(13,14)3/h13-17H,4-12H2,1-3H3/t13?,14-,15+,16+,17+,19+,20+/m1/s1. The van der Waals surface area contributed by atoms with E-state index in [4.69, 9.17) is 0 Å². The lowest BCUT2D eigenvalue weighted by molar-refractivity contribution is -0.145. The van der Waals surface area contributed by atoms with Gasteiger partial charge in [-0.15, -0.1) is 0 Å². The van der Waals surface area contributed by atoms with E-state index in [0.717, 1.165) is 36.0 Å². The van der Waals surface area contributed by atoms with E-state index >= 15 is 0 Å². The van der Waals surface area contributed by atoms with Gasteiger partial charge in [-0.1, -0.05) is 33.6 Å². The molecule has 0 aromatic carbocycles. The summed E-state index contributed by atoms with van der Waals surface area (Å²) >= 11 is 0.